The number of anilines is 1. The quantitative estimate of drug-likeness (QED) is 0.822. The first-order chi connectivity index (χ1) is 8.94. The summed E-state index contributed by atoms with van der Waals surface area (Å²) in [5.41, 5.74) is 7.78. The number of benzene rings is 1. The van der Waals surface area contributed by atoms with E-state index in [1.807, 2.05) is 12.3 Å². The van der Waals surface area contributed by atoms with Gasteiger partial charge >= 0.3 is 0 Å². The van der Waals surface area contributed by atoms with E-state index >= 15 is 0 Å². The van der Waals surface area contributed by atoms with E-state index in [0.717, 1.165) is 10.7 Å². The molecule has 0 spiro atoms. The zero-order valence-corrected chi connectivity index (χ0v) is 12.1. The van der Waals surface area contributed by atoms with E-state index in [1.165, 1.54) is 11.3 Å². The van der Waals surface area contributed by atoms with Gasteiger partial charge in [-0.1, -0.05) is 12.1 Å². The predicted molar refractivity (Wildman–Crippen MR) is 77.2 cm³/mol. The zero-order chi connectivity index (χ0) is 13.9. The summed E-state index contributed by atoms with van der Waals surface area (Å²) in [4.78, 5) is 4.21. The summed E-state index contributed by atoms with van der Waals surface area (Å²) >= 11 is 1.44. The minimum absolute atomic E-state index is 0.0579. The molecule has 0 unspecified atom stereocenters. The van der Waals surface area contributed by atoms with E-state index in [1.54, 1.807) is 24.3 Å². The highest BCUT2D eigenvalue weighted by Crippen LogP contribution is 2.11. The highest BCUT2D eigenvalue weighted by molar-refractivity contribution is 7.88. The van der Waals surface area contributed by atoms with Crippen LogP contribution in [-0.4, -0.2) is 13.4 Å². The second kappa shape index (κ2) is 5.68. The third-order valence-corrected chi connectivity index (χ3v) is 4.71. The molecule has 1 aromatic carbocycles. The second-order valence-electron chi connectivity index (χ2n) is 4.20. The van der Waals surface area contributed by atoms with E-state index in [2.05, 4.69) is 9.71 Å². The summed E-state index contributed by atoms with van der Waals surface area (Å²) in [6, 6.07) is 6.80. The molecule has 0 saturated carbocycles. The lowest BCUT2D eigenvalue weighted by Crippen LogP contribution is -2.24. The molecule has 0 radical (unpaired) electrons. The molecule has 0 amide bonds. The molecule has 0 aliphatic heterocycles. The Hall–Kier alpha value is -1.44. The van der Waals surface area contributed by atoms with Crippen LogP contribution >= 0.6 is 11.3 Å². The predicted octanol–water partition coefficient (Wildman–Crippen LogP) is 1.65. The molecule has 3 N–H and O–H groups in total. The molecule has 0 aliphatic carbocycles. The van der Waals surface area contributed by atoms with Crippen LogP contribution in [0.4, 0.5) is 5.69 Å². The van der Waals surface area contributed by atoms with Crippen LogP contribution in [0.25, 0.3) is 0 Å². The highest BCUT2D eigenvalue weighted by Gasteiger charge is 2.12. The number of sulfonamides is 1. The van der Waals surface area contributed by atoms with Crippen LogP contribution in [0.2, 0.25) is 0 Å². The summed E-state index contributed by atoms with van der Waals surface area (Å²) in [6.45, 7) is 2.11. The summed E-state index contributed by atoms with van der Waals surface area (Å²) in [6.07, 6.45) is 0. The van der Waals surface area contributed by atoms with Crippen molar-refractivity contribution < 1.29 is 8.42 Å². The maximum Gasteiger partial charge on any atom is 0.216 e. The van der Waals surface area contributed by atoms with Gasteiger partial charge in [0.05, 0.1) is 12.3 Å². The van der Waals surface area contributed by atoms with Crippen LogP contribution in [-0.2, 0) is 22.3 Å². The number of nitrogens with one attached hydrogen (secondary N) is 1. The number of aryl methyl sites for hydroxylation is 1. The van der Waals surface area contributed by atoms with Gasteiger partial charge in [-0.3, -0.25) is 0 Å². The monoisotopic (exact) mass is 297 g/mol. The number of nitrogens with two attached hydrogens (primary N) is 1. The van der Waals surface area contributed by atoms with Crippen molar-refractivity contribution in [2.75, 3.05) is 5.73 Å². The molecule has 0 aliphatic rings. The van der Waals surface area contributed by atoms with Gasteiger partial charge in [0.2, 0.25) is 10.0 Å². The van der Waals surface area contributed by atoms with Crippen molar-refractivity contribution in [2.45, 2.75) is 19.2 Å². The molecule has 0 atom stereocenters. The van der Waals surface area contributed by atoms with Gasteiger partial charge in [0.1, 0.15) is 5.01 Å². The molecular weight excluding hydrogens is 282 g/mol. The van der Waals surface area contributed by atoms with Crippen LogP contribution in [0.5, 0.6) is 0 Å². The van der Waals surface area contributed by atoms with E-state index in [-0.39, 0.29) is 12.3 Å². The Labute approximate surface area is 116 Å². The van der Waals surface area contributed by atoms with Crippen molar-refractivity contribution in [3.05, 3.63) is 45.9 Å². The Morgan fingerprint density at radius 1 is 1.32 bits per heavy atom. The Morgan fingerprint density at radius 2 is 2.00 bits per heavy atom. The summed E-state index contributed by atoms with van der Waals surface area (Å²) in [5.74, 6) is -0.0579. The van der Waals surface area contributed by atoms with Crippen molar-refractivity contribution >= 4 is 27.0 Å². The van der Waals surface area contributed by atoms with Crippen LogP contribution in [0, 0.1) is 6.92 Å². The van der Waals surface area contributed by atoms with Crippen LogP contribution in [0.1, 0.15) is 16.3 Å². The third kappa shape index (κ3) is 4.30. The van der Waals surface area contributed by atoms with E-state index in [9.17, 15) is 8.42 Å². The van der Waals surface area contributed by atoms with Crippen molar-refractivity contribution in [1.29, 1.82) is 0 Å². The summed E-state index contributed by atoms with van der Waals surface area (Å²) < 4.78 is 26.3. The fourth-order valence-corrected chi connectivity index (χ4v) is 3.43. The Balaban J connectivity index is 1.97. The summed E-state index contributed by atoms with van der Waals surface area (Å²) in [7, 11) is -3.36. The molecule has 19 heavy (non-hydrogen) atoms. The van der Waals surface area contributed by atoms with Crippen LogP contribution < -0.4 is 10.5 Å². The lowest BCUT2D eigenvalue weighted by Gasteiger charge is -2.05. The van der Waals surface area contributed by atoms with E-state index < -0.39 is 10.0 Å². The van der Waals surface area contributed by atoms with Crippen molar-refractivity contribution in [3.8, 4) is 0 Å². The Morgan fingerprint density at radius 3 is 2.58 bits per heavy atom. The van der Waals surface area contributed by atoms with Crippen LogP contribution in [0.15, 0.2) is 29.6 Å². The molecule has 1 aromatic heterocycles. The lowest BCUT2D eigenvalue weighted by atomic mass is 10.2. The second-order valence-corrected chi connectivity index (χ2v) is 6.95. The number of nitrogen functional groups attached to an aromatic ring is 1. The van der Waals surface area contributed by atoms with Gasteiger partial charge in [0.15, 0.2) is 0 Å². The van der Waals surface area contributed by atoms with Gasteiger partial charge in [-0.2, -0.15) is 0 Å². The first-order valence-electron chi connectivity index (χ1n) is 5.67. The molecule has 7 heteroatoms. The lowest BCUT2D eigenvalue weighted by molar-refractivity contribution is 0.580. The average Bonchev–Trinajstić information content (AvgIpc) is 2.76. The van der Waals surface area contributed by atoms with Crippen molar-refractivity contribution in [2.24, 2.45) is 0 Å². The van der Waals surface area contributed by atoms with Crippen LogP contribution in [0.3, 0.4) is 0 Å². The van der Waals surface area contributed by atoms with Crippen molar-refractivity contribution in [1.82, 2.24) is 9.71 Å². The third-order valence-electron chi connectivity index (χ3n) is 2.45. The van der Waals surface area contributed by atoms with Gasteiger partial charge in [-0.15, -0.1) is 11.3 Å². The minimum atomic E-state index is -3.36. The van der Waals surface area contributed by atoms with E-state index in [0.29, 0.717) is 11.3 Å². The molecule has 0 fully saturated rings. The molecule has 2 rings (SSSR count). The summed E-state index contributed by atoms with van der Waals surface area (Å²) in [5, 5.41) is 2.65. The van der Waals surface area contributed by atoms with Gasteiger partial charge in [-0.25, -0.2) is 18.1 Å². The normalized spacial score (nSPS) is 11.6. The fraction of sp³-hybridized carbons (Fsp3) is 0.250. The Kier molecular flexibility index (Phi) is 4.18. The van der Waals surface area contributed by atoms with Gasteiger partial charge in [0, 0.05) is 16.8 Å². The van der Waals surface area contributed by atoms with E-state index in [4.69, 9.17) is 5.73 Å². The number of aromatic nitrogens is 1. The molecule has 0 bridgehead atoms. The molecule has 5 nitrogen and oxygen atoms in total. The standard InChI is InChI=1S/C12H15N3O2S2/c1-9-7-18-12(15-9)6-14-19(16,17)8-10-2-4-11(13)5-3-10/h2-5,7,14H,6,8,13H2,1H3. The minimum Gasteiger partial charge on any atom is -0.399 e. The number of hydrogen-bond acceptors (Lipinski definition) is 5. The van der Waals surface area contributed by atoms with Gasteiger partial charge in [-0.05, 0) is 24.6 Å². The van der Waals surface area contributed by atoms with Gasteiger partial charge in [0.25, 0.3) is 0 Å². The maximum atomic E-state index is 11.9. The first-order valence-corrected chi connectivity index (χ1v) is 8.20. The number of nitrogens with zero attached hydrogens (tertiary/aromatic N) is 1. The average molecular weight is 297 g/mol. The topological polar surface area (TPSA) is 85.1 Å². The zero-order valence-electron chi connectivity index (χ0n) is 10.5. The number of rotatable bonds is 5. The number of thiazole rings is 1. The van der Waals surface area contributed by atoms with Gasteiger partial charge < -0.3 is 5.73 Å². The SMILES string of the molecule is Cc1csc(CNS(=O)(=O)Cc2ccc(N)cc2)n1. The molecule has 102 valence electrons. The highest BCUT2D eigenvalue weighted by atomic mass is 32.2. The smallest absolute Gasteiger partial charge is 0.216 e. The Bertz CT molecular complexity index is 648. The largest absolute Gasteiger partial charge is 0.399 e. The molecular formula is C12H15N3O2S2. The number of hydrogen-bond donors (Lipinski definition) is 2. The molecule has 2 aromatic rings. The fourth-order valence-electron chi connectivity index (χ4n) is 1.54. The first kappa shape index (κ1) is 14.0. The maximum absolute atomic E-state index is 11.9. The molecule has 1 heterocycles. The van der Waals surface area contributed by atoms with Crippen molar-refractivity contribution in [3.63, 3.8) is 0 Å². The molecule has 0 saturated heterocycles.